The third kappa shape index (κ3) is 2.93. The quantitative estimate of drug-likeness (QED) is 0.250. The van der Waals surface area contributed by atoms with Gasteiger partial charge in [-0.1, -0.05) is 84.9 Å². The first-order valence-corrected chi connectivity index (χ1v) is 10.4. The van der Waals surface area contributed by atoms with Gasteiger partial charge in [0.2, 0.25) is 0 Å². The van der Waals surface area contributed by atoms with E-state index < -0.39 is 0 Å². The van der Waals surface area contributed by atoms with E-state index in [-0.39, 0.29) is 0 Å². The van der Waals surface area contributed by atoms with E-state index in [1.165, 1.54) is 38.6 Å². The molecular weight excluding hydrogens is 364 g/mol. The van der Waals surface area contributed by atoms with Crippen molar-refractivity contribution in [3.63, 3.8) is 0 Å². The van der Waals surface area contributed by atoms with Gasteiger partial charge in [-0.2, -0.15) is 0 Å². The molecule has 1 aromatic heterocycles. The third-order valence-electron chi connectivity index (χ3n) is 5.90. The zero-order valence-corrected chi connectivity index (χ0v) is 17.3. The molecule has 0 spiro atoms. The van der Waals surface area contributed by atoms with E-state index in [0.717, 1.165) is 17.5 Å². The number of hydrogen-bond donors (Lipinski definition) is 1. The van der Waals surface area contributed by atoms with Gasteiger partial charge in [0.05, 0.1) is 11.0 Å². The van der Waals surface area contributed by atoms with Crippen LogP contribution < -0.4 is 0 Å². The molecule has 0 bridgehead atoms. The average molecular weight is 389 g/mol. The maximum atomic E-state index is 8.54. The van der Waals surface area contributed by atoms with Gasteiger partial charge in [-0.25, -0.2) is 0 Å². The Morgan fingerprint density at radius 1 is 0.767 bits per heavy atom. The molecule has 4 aromatic carbocycles. The Balaban J connectivity index is 1.85. The molecule has 1 heterocycles. The number of fused-ring (bicyclic) bond motifs is 3. The Labute approximate surface area is 176 Å². The van der Waals surface area contributed by atoms with Gasteiger partial charge in [0.25, 0.3) is 0 Å². The predicted octanol–water partition coefficient (Wildman–Crippen LogP) is 7.21. The van der Waals surface area contributed by atoms with Gasteiger partial charge in [0.1, 0.15) is 5.84 Å². The number of hydrogen-bond acceptors (Lipinski definition) is 1. The molecule has 5 aromatic rings. The second kappa shape index (κ2) is 7.31. The maximum Gasteiger partial charge on any atom is 0.102 e. The van der Waals surface area contributed by atoms with E-state index in [1.54, 1.807) is 0 Å². The molecule has 30 heavy (non-hydrogen) atoms. The summed E-state index contributed by atoms with van der Waals surface area (Å²) in [7, 11) is 0. The fourth-order valence-electron chi connectivity index (χ4n) is 4.58. The number of aryl methyl sites for hydroxylation is 1. The highest BCUT2D eigenvalue weighted by molar-refractivity contribution is 6.17. The van der Waals surface area contributed by atoms with Crippen LogP contribution in [0, 0.1) is 12.3 Å². The Morgan fingerprint density at radius 3 is 2.27 bits per heavy atom. The van der Waals surface area contributed by atoms with E-state index in [1.807, 2.05) is 6.92 Å². The number of aromatic nitrogens is 1. The van der Waals surface area contributed by atoms with Crippen molar-refractivity contribution in [2.45, 2.75) is 20.3 Å². The van der Waals surface area contributed by atoms with E-state index in [2.05, 4.69) is 102 Å². The summed E-state index contributed by atoms with van der Waals surface area (Å²) in [5.74, 6) is 0.536. The molecule has 0 saturated heterocycles. The number of nitrogens with one attached hydrogen (secondary N) is 1. The first-order chi connectivity index (χ1) is 14.6. The van der Waals surface area contributed by atoms with E-state index in [0.29, 0.717) is 5.84 Å². The molecule has 0 aliphatic rings. The van der Waals surface area contributed by atoms with Crippen LogP contribution in [0.2, 0.25) is 0 Å². The highest BCUT2D eigenvalue weighted by atomic mass is 15.0. The molecule has 5 rings (SSSR count). The van der Waals surface area contributed by atoms with Gasteiger partial charge in [-0.3, -0.25) is 9.98 Å². The van der Waals surface area contributed by atoms with Crippen molar-refractivity contribution in [1.29, 1.82) is 5.41 Å². The van der Waals surface area contributed by atoms with Gasteiger partial charge in [-0.15, -0.1) is 0 Å². The van der Waals surface area contributed by atoms with E-state index in [9.17, 15) is 0 Å². The lowest BCUT2D eigenvalue weighted by Crippen LogP contribution is -2.06. The highest BCUT2D eigenvalue weighted by Gasteiger charge is 2.19. The molecule has 2 heteroatoms. The van der Waals surface area contributed by atoms with Crippen LogP contribution in [0.1, 0.15) is 23.6 Å². The fraction of sp³-hybridized carbons (Fsp3) is 0.107. The van der Waals surface area contributed by atoms with E-state index >= 15 is 0 Å². The van der Waals surface area contributed by atoms with Gasteiger partial charge >= 0.3 is 0 Å². The van der Waals surface area contributed by atoms with Crippen molar-refractivity contribution in [2.24, 2.45) is 0 Å². The maximum absolute atomic E-state index is 8.54. The van der Waals surface area contributed by atoms with Gasteiger partial charge in [-0.05, 0) is 48.6 Å². The second-order valence-electron chi connectivity index (χ2n) is 7.91. The summed E-state index contributed by atoms with van der Waals surface area (Å²) in [5.41, 5.74) is 8.53. The van der Waals surface area contributed by atoms with Crippen LogP contribution in [0.4, 0.5) is 0 Å². The molecule has 146 valence electrons. The number of rotatable bonds is 3. The lowest BCUT2D eigenvalue weighted by molar-refractivity contribution is 1.18. The standard InChI is InChI=1S/C28H24N2/c1-19-16-17-25-24-14-8-9-15-26(24)30(20(2)29)28(25)27(19)23-13-7-6-12-22(23)18-21-10-4-3-5-11-21/h3-17,29H,18H2,1-2H3. The number of para-hydroxylation sites is 1. The first kappa shape index (κ1) is 18.4. The molecule has 0 unspecified atom stereocenters. The highest BCUT2D eigenvalue weighted by Crippen LogP contribution is 2.39. The average Bonchev–Trinajstić information content (AvgIpc) is 3.10. The van der Waals surface area contributed by atoms with Gasteiger partial charge < -0.3 is 0 Å². The smallest absolute Gasteiger partial charge is 0.102 e. The minimum absolute atomic E-state index is 0.536. The second-order valence-corrected chi connectivity index (χ2v) is 7.91. The van der Waals surface area contributed by atoms with Crippen LogP contribution in [0.25, 0.3) is 32.9 Å². The van der Waals surface area contributed by atoms with Crippen LogP contribution in [0.5, 0.6) is 0 Å². The summed E-state index contributed by atoms with van der Waals surface area (Å²) in [6, 6.07) is 32.1. The summed E-state index contributed by atoms with van der Waals surface area (Å²) >= 11 is 0. The molecule has 0 amide bonds. The minimum atomic E-state index is 0.536. The monoisotopic (exact) mass is 388 g/mol. The van der Waals surface area contributed by atoms with Crippen LogP contribution in [-0.2, 0) is 6.42 Å². The van der Waals surface area contributed by atoms with E-state index in [4.69, 9.17) is 5.41 Å². The summed E-state index contributed by atoms with van der Waals surface area (Å²) in [5, 5.41) is 10.9. The van der Waals surface area contributed by atoms with Crippen molar-refractivity contribution in [3.05, 3.63) is 108 Å². The van der Waals surface area contributed by atoms with Gasteiger partial charge in [0.15, 0.2) is 0 Å². The molecular formula is C28H24N2. The minimum Gasteiger partial charge on any atom is -0.297 e. The Hall–Kier alpha value is -3.65. The van der Waals surface area contributed by atoms with Crippen LogP contribution in [-0.4, -0.2) is 10.4 Å². The predicted molar refractivity (Wildman–Crippen MR) is 128 cm³/mol. The van der Waals surface area contributed by atoms with Crippen molar-refractivity contribution < 1.29 is 0 Å². The molecule has 0 radical (unpaired) electrons. The first-order valence-electron chi connectivity index (χ1n) is 10.4. The summed E-state index contributed by atoms with van der Waals surface area (Å²) in [6.45, 7) is 4.04. The van der Waals surface area contributed by atoms with Crippen molar-refractivity contribution in [3.8, 4) is 11.1 Å². The molecule has 0 fully saturated rings. The van der Waals surface area contributed by atoms with Gasteiger partial charge in [0, 0.05) is 16.3 Å². The van der Waals surface area contributed by atoms with Crippen LogP contribution in [0.3, 0.4) is 0 Å². The molecule has 2 nitrogen and oxygen atoms in total. The van der Waals surface area contributed by atoms with Crippen LogP contribution >= 0.6 is 0 Å². The molecule has 0 aliphatic heterocycles. The number of nitrogens with zero attached hydrogens (tertiary/aromatic N) is 1. The van der Waals surface area contributed by atoms with Crippen molar-refractivity contribution in [2.75, 3.05) is 0 Å². The largest absolute Gasteiger partial charge is 0.297 e. The number of benzene rings is 4. The summed E-state index contributed by atoms with van der Waals surface area (Å²) < 4.78 is 2.10. The third-order valence-corrected chi connectivity index (χ3v) is 5.90. The SMILES string of the molecule is CC(=N)n1c2ccccc2c2ccc(C)c(-c3ccccc3Cc3ccccc3)c21. The van der Waals surface area contributed by atoms with Crippen molar-refractivity contribution >= 4 is 27.6 Å². The van der Waals surface area contributed by atoms with Crippen LogP contribution in [0.15, 0.2) is 91.0 Å². The summed E-state index contributed by atoms with van der Waals surface area (Å²) in [6.07, 6.45) is 0.886. The molecule has 1 N–H and O–H groups in total. The van der Waals surface area contributed by atoms with Crippen molar-refractivity contribution in [1.82, 2.24) is 4.57 Å². The Morgan fingerprint density at radius 2 is 1.47 bits per heavy atom. The Bertz CT molecular complexity index is 1390. The zero-order chi connectivity index (χ0) is 20.7. The molecule has 0 aliphatic carbocycles. The zero-order valence-electron chi connectivity index (χ0n) is 17.3. The Kier molecular flexibility index (Phi) is 4.48. The molecule has 0 atom stereocenters. The topological polar surface area (TPSA) is 28.8 Å². The normalized spacial score (nSPS) is 11.3. The lowest BCUT2D eigenvalue weighted by atomic mass is 9.91. The lowest BCUT2D eigenvalue weighted by Gasteiger charge is -2.16. The molecule has 0 saturated carbocycles. The fourth-order valence-corrected chi connectivity index (χ4v) is 4.58. The summed E-state index contributed by atoms with van der Waals surface area (Å²) in [4.78, 5) is 0.